The molecule has 1 aromatic heterocycles. The van der Waals surface area contributed by atoms with Crippen LogP contribution in [0.15, 0.2) is 11.3 Å². The van der Waals surface area contributed by atoms with Crippen LogP contribution >= 0.6 is 0 Å². The van der Waals surface area contributed by atoms with Crippen molar-refractivity contribution >= 4 is 5.96 Å². The van der Waals surface area contributed by atoms with Crippen LogP contribution in [0.25, 0.3) is 0 Å². The minimum Gasteiger partial charge on any atom is -0.383 e. The second kappa shape index (κ2) is 8.46. The van der Waals surface area contributed by atoms with Crippen LogP contribution in [-0.2, 0) is 17.7 Å². The Hall–Kier alpha value is -1.63. The van der Waals surface area contributed by atoms with Crippen LogP contribution in [0.1, 0.15) is 12.7 Å². The highest BCUT2D eigenvalue weighted by Gasteiger charge is 2.01. The summed E-state index contributed by atoms with van der Waals surface area (Å²) in [6, 6.07) is 0. The molecule has 0 fully saturated rings. The smallest absolute Gasteiger partial charge is 0.191 e. The third kappa shape index (κ3) is 4.70. The number of hydrogen-bond acceptors (Lipinski definition) is 4. The number of ether oxygens (including phenoxy) is 1. The summed E-state index contributed by atoms with van der Waals surface area (Å²) in [5, 5.41) is 14.3. The third-order valence-corrected chi connectivity index (χ3v) is 2.48. The number of nitrogens with one attached hydrogen (secondary N) is 2. The Bertz CT molecular complexity index is 362. The Labute approximate surface area is 108 Å². The fourth-order valence-corrected chi connectivity index (χ4v) is 1.53. The van der Waals surface area contributed by atoms with Gasteiger partial charge >= 0.3 is 0 Å². The molecule has 2 N–H and O–H groups in total. The number of rotatable bonds is 7. The lowest BCUT2D eigenvalue weighted by atomic mass is 10.4. The molecule has 0 atom stereocenters. The molecule has 0 unspecified atom stereocenters. The van der Waals surface area contributed by atoms with E-state index in [0.717, 1.165) is 37.8 Å². The van der Waals surface area contributed by atoms with Gasteiger partial charge in [-0.25, -0.2) is 0 Å². The molecule has 0 amide bonds. The zero-order valence-electron chi connectivity index (χ0n) is 11.3. The molecule has 102 valence electrons. The Morgan fingerprint density at radius 2 is 2.22 bits per heavy atom. The predicted molar refractivity (Wildman–Crippen MR) is 70.6 cm³/mol. The Kier molecular flexibility index (Phi) is 6.78. The number of aliphatic imine (C=N–C) groups is 1. The molecule has 1 heterocycles. The lowest BCUT2D eigenvalue weighted by molar-refractivity contribution is 0.203. The monoisotopic (exact) mass is 254 g/mol. The summed E-state index contributed by atoms with van der Waals surface area (Å²) in [5.41, 5.74) is 0. The molecule has 0 saturated heterocycles. The first-order chi connectivity index (χ1) is 8.81. The van der Waals surface area contributed by atoms with E-state index in [1.54, 1.807) is 20.5 Å². The molecule has 1 aromatic rings. The van der Waals surface area contributed by atoms with E-state index in [2.05, 4.69) is 32.7 Å². The number of aromatic nitrogens is 3. The van der Waals surface area contributed by atoms with Gasteiger partial charge in [-0.05, 0) is 0 Å². The summed E-state index contributed by atoms with van der Waals surface area (Å²) in [6.45, 7) is 5.06. The summed E-state index contributed by atoms with van der Waals surface area (Å²) in [7, 11) is 3.43. The maximum absolute atomic E-state index is 4.96. The Morgan fingerprint density at radius 3 is 2.89 bits per heavy atom. The Balaban J connectivity index is 2.27. The number of guanidine groups is 1. The van der Waals surface area contributed by atoms with Crippen LogP contribution in [-0.4, -0.2) is 54.6 Å². The molecule has 0 bridgehead atoms. The minimum absolute atomic E-state index is 0.659. The number of hydrogen-bond donors (Lipinski definition) is 2. The predicted octanol–water partition coefficient (Wildman–Crippen LogP) is -0.348. The highest BCUT2D eigenvalue weighted by molar-refractivity contribution is 5.79. The van der Waals surface area contributed by atoms with Gasteiger partial charge in [0.15, 0.2) is 5.96 Å². The molecule has 0 saturated carbocycles. The van der Waals surface area contributed by atoms with Crippen molar-refractivity contribution in [1.29, 1.82) is 0 Å². The fourth-order valence-electron chi connectivity index (χ4n) is 1.53. The molecule has 0 aliphatic heterocycles. The average Bonchev–Trinajstić information content (AvgIpc) is 2.84. The van der Waals surface area contributed by atoms with Crippen LogP contribution < -0.4 is 10.6 Å². The lowest BCUT2D eigenvalue weighted by Gasteiger charge is -2.12. The van der Waals surface area contributed by atoms with Crippen molar-refractivity contribution in [2.24, 2.45) is 4.99 Å². The Morgan fingerprint density at radius 1 is 1.44 bits per heavy atom. The first-order valence-corrected chi connectivity index (χ1v) is 6.12. The normalized spacial score (nSPS) is 11.6. The third-order valence-electron chi connectivity index (χ3n) is 2.48. The molecule has 18 heavy (non-hydrogen) atoms. The molecule has 1 rings (SSSR count). The zero-order chi connectivity index (χ0) is 13.2. The van der Waals surface area contributed by atoms with Gasteiger partial charge in [0, 0.05) is 40.2 Å². The largest absolute Gasteiger partial charge is 0.383 e. The highest BCUT2D eigenvalue weighted by atomic mass is 16.5. The van der Waals surface area contributed by atoms with Crippen LogP contribution in [0.2, 0.25) is 0 Å². The van der Waals surface area contributed by atoms with Gasteiger partial charge in [0.05, 0.1) is 6.61 Å². The number of nitrogens with zero attached hydrogens (tertiary/aromatic N) is 4. The number of methoxy groups -OCH3 is 1. The van der Waals surface area contributed by atoms with Gasteiger partial charge in [0.1, 0.15) is 12.2 Å². The van der Waals surface area contributed by atoms with E-state index in [1.165, 1.54) is 0 Å². The van der Waals surface area contributed by atoms with Crippen LogP contribution in [0, 0.1) is 0 Å². The van der Waals surface area contributed by atoms with E-state index in [1.807, 2.05) is 4.57 Å². The van der Waals surface area contributed by atoms with E-state index in [-0.39, 0.29) is 0 Å². The van der Waals surface area contributed by atoms with Gasteiger partial charge in [-0.3, -0.25) is 4.99 Å². The average molecular weight is 254 g/mol. The molecule has 0 aromatic carbocycles. The van der Waals surface area contributed by atoms with Crippen LogP contribution in [0.5, 0.6) is 0 Å². The first-order valence-electron chi connectivity index (χ1n) is 6.12. The van der Waals surface area contributed by atoms with Crippen molar-refractivity contribution in [1.82, 2.24) is 25.4 Å². The molecule has 0 aliphatic carbocycles. The van der Waals surface area contributed by atoms with Crippen molar-refractivity contribution in [3.63, 3.8) is 0 Å². The molecule has 0 radical (unpaired) electrons. The van der Waals surface area contributed by atoms with Crippen molar-refractivity contribution in [3.8, 4) is 0 Å². The van der Waals surface area contributed by atoms with Crippen molar-refractivity contribution in [2.75, 3.05) is 33.9 Å². The van der Waals surface area contributed by atoms with Crippen molar-refractivity contribution in [2.45, 2.75) is 19.9 Å². The maximum Gasteiger partial charge on any atom is 0.191 e. The van der Waals surface area contributed by atoms with E-state index in [4.69, 9.17) is 4.74 Å². The topological polar surface area (TPSA) is 76.4 Å². The van der Waals surface area contributed by atoms with Gasteiger partial charge in [-0.2, -0.15) is 0 Å². The number of aryl methyl sites for hydroxylation is 1. The second-order valence-electron chi connectivity index (χ2n) is 3.71. The van der Waals surface area contributed by atoms with Gasteiger partial charge in [0.2, 0.25) is 0 Å². The van der Waals surface area contributed by atoms with Crippen molar-refractivity contribution < 1.29 is 4.74 Å². The van der Waals surface area contributed by atoms with Gasteiger partial charge in [-0.15, -0.1) is 10.2 Å². The first kappa shape index (κ1) is 14.4. The molecule has 0 spiro atoms. The molecular weight excluding hydrogens is 232 g/mol. The quantitative estimate of drug-likeness (QED) is 0.395. The molecule has 0 aliphatic rings. The van der Waals surface area contributed by atoms with E-state index >= 15 is 0 Å². The van der Waals surface area contributed by atoms with Crippen LogP contribution in [0.3, 0.4) is 0 Å². The lowest BCUT2D eigenvalue weighted by Crippen LogP contribution is -2.40. The summed E-state index contributed by atoms with van der Waals surface area (Å²) < 4.78 is 7.00. The molecule has 7 nitrogen and oxygen atoms in total. The standard InChI is InChI=1S/C11H22N6O/c1-4-10-16-15-9-17(10)7-5-13-11(12-2)14-6-8-18-3/h9H,4-8H2,1-3H3,(H2,12,13,14). The SMILES string of the molecule is CCc1nncn1CCNC(=NC)NCCOC. The van der Waals surface area contributed by atoms with E-state index < -0.39 is 0 Å². The molecular formula is C11H22N6O. The van der Waals surface area contributed by atoms with E-state index in [9.17, 15) is 0 Å². The van der Waals surface area contributed by atoms with Crippen molar-refractivity contribution in [3.05, 3.63) is 12.2 Å². The van der Waals surface area contributed by atoms with Gasteiger partial charge in [-0.1, -0.05) is 6.92 Å². The molecule has 7 heteroatoms. The zero-order valence-corrected chi connectivity index (χ0v) is 11.3. The summed E-state index contributed by atoms with van der Waals surface area (Å²) in [5.74, 6) is 1.78. The summed E-state index contributed by atoms with van der Waals surface area (Å²) in [6.07, 6.45) is 2.64. The highest BCUT2D eigenvalue weighted by Crippen LogP contribution is 1.94. The van der Waals surface area contributed by atoms with Gasteiger partial charge < -0.3 is 19.9 Å². The van der Waals surface area contributed by atoms with E-state index in [0.29, 0.717) is 6.61 Å². The summed E-state index contributed by atoms with van der Waals surface area (Å²) >= 11 is 0. The maximum atomic E-state index is 4.96. The minimum atomic E-state index is 0.659. The van der Waals surface area contributed by atoms with Crippen LogP contribution in [0.4, 0.5) is 0 Å². The summed E-state index contributed by atoms with van der Waals surface area (Å²) in [4.78, 5) is 4.12. The van der Waals surface area contributed by atoms with Gasteiger partial charge in [0.25, 0.3) is 0 Å². The fraction of sp³-hybridized carbons (Fsp3) is 0.727. The second-order valence-corrected chi connectivity index (χ2v) is 3.71.